The van der Waals surface area contributed by atoms with Crippen LogP contribution < -0.4 is 0 Å². The molecule has 98 valence electrons. The largest absolute Gasteiger partial charge is 0.274 e. The topological polar surface area (TPSA) is 37.4 Å². The number of nitrogens with zero attached hydrogens (tertiary/aromatic N) is 1. The first-order chi connectivity index (χ1) is 9.11. The second-order valence-electron chi connectivity index (χ2n) is 4.73. The van der Waals surface area contributed by atoms with Crippen molar-refractivity contribution >= 4 is 11.8 Å². The third kappa shape index (κ3) is 2.81. The Morgan fingerprint density at radius 1 is 1.16 bits per heavy atom. The molecule has 1 aromatic carbocycles. The standard InChI is InChI=1S/C16H17NO2/c1-12(2)8-4-3-7-11-17-15(18)13-9-5-6-10-14(13)16(17)19/h3-6,9-10H,1,7-8,11H2,2H3/b4-3+. The molecule has 0 bridgehead atoms. The molecule has 1 aliphatic rings. The highest BCUT2D eigenvalue weighted by atomic mass is 16.2. The molecule has 0 atom stereocenters. The predicted molar refractivity (Wildman–Crippen MR) is 75.0 cm³/mol. The van der Waals surface area contributed by atoms with Crippen LogP contribution in [0.4, 0.5) is 0 Å². The van der Waals surface area contributed by atoms with Crippen LogP contribution in [0, 0.1) is 0 Å². The van der Waals surface area contributed by atoms with Crippen molar-refractivity contribution in [3.8, 4) is 0 Å². The summed E-state index contributed by atoms with van der Waals surface area (Å²) in [5, 5.41) is 0. The van der Waals surface area contributed by atoms with Crippen molar-refractivity contribution in [1.29, 1.82) is 0 Å². The minimum Gasteiger partial charge on any atom is -0.274 e. The van der Waals surface area contributed by atoms with Gasteiger partial charge >= 0.3 is 0 Å². The Morgan fingerprint density at radius 3 is 2.26 bits per heavy atom. The van der Waals surface area contributed by atoms with Crippen molar-refractivity contribution in [3.05, 3.63) is 59.7 Å². The predicted octanol–water partition coefficient (Wildman–Crippen LogP) is 3.20. The SMILES string of the molecule is C=C(C)C/C=C/CCN1C(=O)c2ccccc2C1=O. The Morgan fingerprint density at radius 2 is 1.74 bits per heavy atom. The van der Waals surface area contributed by atoms with Crippen LogP contribution in [0.25, 0.3) is 0 Å². The smallest absolute Gasteiger partial charge is 0.261 e. The zero-order valence-corrected chi connectivity index (χ0v) is 11.1. The minimum atomic E-state index is -0.186. The molecule has 1 heterocycles. The molecule has 2 rings (SSSR count). The van der Waals surface area contributed by atoms with Crippen LogP contribution in [-0.2, 0) is 0 Å². The van der Waals surface area contributed by atoms with Gasteiger partial charge in [-0.2, -0.15) is 0 Å². The average molecular weight is 255 g/mol. The minimum absolute atomic E-state index is 0.186. The number of amides is 2. The van der Waals surface area contributed by atoms with Gasteiger partial charge in [0.15, 0.2) is 0 Å². The Hall–Kier alpha value is -2.16. The highest BCUT2D eigenvalue weighted by molar-refractivity contribution is 6.21. The zero-order valence-electron chi connectivity index (χ0n) is 11.1. The molecule has 0 radical (unpaired) electrons. The number of carbonyl (C=O) groups excluding carboxylic acids is 2. The van der Waals surface area contributed by atoms with Gasteiger partial charge in [-0.05, 0) is 31.9 Å². The second kappa shape index (κ2) is 5.65. The molecule has 0 fully saturated rings. The van der Waals surface area contributed by atoms with Crippen LogP contribution in [0.15, 0.2) is 48.6 Å². The number of rotatable bonds is 5. The van der Waals surface area contributed by atoms with Crippen molar-refractivity contribution in [2.24, 2.45) is 0 Å². The van der Waals surface area contributed by atoms with Gasteiger partial charge < -0.3 is 0 Å². The lowest BCUT2D eigenvalue weighted by Gasteiger charge is -2.11. The monoisotopic (exact) mass is 255 g/mol. The van der Waals surface area contributed by atoms with E-state index in [2.05, 4.69) is 6.58 Å². The van der Waals surface area contributed by atoms with E-state index in [0.717, 1.165) is 12.0 Å². The summed E-state index contributed by atoms with van der Waals surface area (Å²) in [5.74, 6) is -0.372. The summed E-state index contributed by atoms with van der Waals surface area (Å²) in [6, 6.07) is 6.96. The summed E-state index contributed by atoms with van der Waals surface area (Å²) in [6.07, 6.45) is 5.51. The lowest BCUT2D eigenvalue weighted by Crippen LogP contribution is -2.30. The van der Waals surface area contributed by atoms with E-state index in [4.69, 9.17) is 0 Å². The van der Waals surface area contributed by atoms with Gasteiger partial charge in [0.25, 0.3) is 11.8 Å². The zero-order chi connectivity index (χ0) is 13.8. The number of hydrogen-bond acceptors (Lipinski definition) is 2. The fraction of sp³-hybridized carbons (Fsp3) is 0.250. The molecule has 3 heteroatoms. The quantitative estimate of drug-likeness (QED) is 0.598. The fourth-order valence-corrected chi connectivity index (χ4v) is 2.05. The maximum Gasteiger partial charge on any atom is 0.261 e. The van der Waals surface area contributed by atoms with E-state index in [9.17, 15) is 9.59 Å². The molecule has 0 saturated heterocycles. The van der Waals surface area contributed by atoms with Crippen molar-refractivity contribution in [1.82, 2.24) is 4.90 Å². The normalized spacial score (nSPS) is 14.3. The lowest BCUT2D eigenvalue weighted by molar-refractivity contribution is 0.0657. The first-order valence-corrected chi connectivity index (χ1v) is 6.36. The van der Waals surface area contributed by atoms with Crippen molar-refractivity contribution < 1.29 is 9.59 Å². The van der Waals surface area contributed by atoms with Gasteiger partial charge in [-0.3, -0.25) is 14.5 Å². The van der Waals surface area contributed by atoms with Crippen LogP contribution in [0.3, 0.4) is 0 Å². The average Bonchev–Trinajstić information content (AvgIpc) is 2.63. The highest BCUT2D eigenvalue weighted by Crippen LogP contribution is 2.22. The number of benzene rings is 1. The van der Waals surface area contributed by atoms with E-state index in [1.54, 1.807) is 24.3 Å². The molecule has 0 unspecified atom stereocenters. The molecule has 0 N–H and O–H groups in total. The fourth-order valence-electron chi connectivity index (χ4n) is 2.05. The highest BCUT2D eigenvalue weighted by Gasteiger charge is 2.34. The van der Waals surface area contributed by atoms with Crippen LogP contribution in [0.1, 0.15) is 40.5 Å². The molecular weight excluding hydrogens is 238 g/mol. The van der Waals surface area contributed by atoms with Crippen molar-refractivity contribution in [3.63, 3.8) is 0 Å². The van der Waals surface area contributed by atoms with Crippen molar-refractivity contribution in [2.75, 3.05) is 6.54 Å². The van der Waals surface area contributed by atoms with Crippen LogP contribution in [0.5, 0.6) is 0 Å². The van der Waals surface area contributed by atoms with Gasteiger partial charge in [-0.25, -0.2) is 0 Å². The van der Waals surface area contributed by atoms with E-state index in [-0.39, 0.29) is 11.8 Å². The van der Waals surface area contributed by atoms with E-state index in [1.165, 1.54) is 4.90 Å². The Bertz CT molecular complexity index is 523. The maximum atomic E-state index is 12.0. The first-order valence-electron chi connectivity index (χ1n) is 6.36. The molecule has 19 heavy (non-hydrogen) atoms. The molecule has 1 aromatic rings. The Balaban J connectivity index is 1.97. The van der Waals surface area contributed by atoms with E-state index in [0.29, 0.717) is 24.1 Å². The summed E-state index contributed by atoms with van der Waals surface area (Å²) in [4.78, 5) is 25.4. The molecule has 3 nitrogen and oxygen atoms in total. The van der Waals surface area contributed by atoms with Crippen LogP contribution in [0.2, 0.25) is 0 Å². The number of fused-ring (bicyclic) bond motifs is 1. The molecular formula is C16H17NO2. The summed E-state index contributed by atoms with van der Waals surface area (Å²) in [5.41, 5.74) is 2.12. The van der Waals surface area contributed by atoms with Crippen LogP contribution >= 0.6 is 0 Å². The number of allylic oxidation sites excluding steroid dienone is 2. The Labute approximate surface area is 113 Å². The molecule has 0 aromatic heterocycles. The van der Waals surface area contributed by atoms with Gasteiger partial charge in [0, 0.05) is 6.54 Å². The lowest BCUT2D eigenvalue weighted by atomic mass is 10.1. The van der Waals surface area contributed by atoms with E-state index >= 15 is 0 Å². The maximum absolute atomic E-state index is 12.0. The van der Waals surface area contributed by atoms with Crippen LogP contribution in [-0.4, -0.2) is 23.3 Å². The van der Waals surface area contributed by atoms with Gasteiger partial charge in [-0.15, -0.1) is 0 Å². The molecule has 0 spiro atoms. The van der Waals surface area contributed by atoms with E-state index < -0.39 is 0 Å². The summed E-state index contributed by atoms with van der Waals surface area (Å²) < 4.78 is 0. The number of imide groups is 1. The summed E-state index contributed by atoms with van der Waals surface area (Å²) in [7, 11) is 0. The van der Waals surface area contributed by atoms with Gasteiger partial charge in [-0.1, -0.05) is 36.4 Å². The Kier molecular flexibility index (Phi) is 3.95. The first kappa shape index (κ1) is 13.3. The third-order valence-electron chi connectivity index (χ3n) is 3.03. The number of hydrogen-bond donors (Lipinski definition) is 0. The molecule has 0 aliphatic carbocycles. The molecule has 2 amide bonds. The second-order valence-corrected chi connectivity index (χ2v) is 4.73. The van der Waals surface area contributed by atoms with Gasteiger partial charge in [0.05, 0.1) is 11.1 Å². The number of carbonyl (C=O) groups is 2. The summed E-state index contributed by atoms with van der Waals surface area (Å²) >= 11 is 0. The van der Waals surface area contributed by atoms with Gasteiger partial charge in [0.1, 0.15) is 0 Å². The van der Waals surface area contributed by atoms with E-state index in [1.807, 2.05) is 19.1 Å². The summed E-state index contributed by atoms with van der Waals surface area (Å²) in [6.45, 7) is 6.21. The molecule has 1 aliphatic heterocycles. The van der Waals surface area contributed by atoms with Crippen molar-refractivity contribution in [2.45, 2.75) is 19.8 Å². The van der Waals surface area contributed by atoms with Gasteiger partial charge in [0.2, 0.25) is 0 Å². The third-order valence-corrected chi connectivity index (χ3v) is 3.03. The molecule has 0 saturated carbocycles.